The van der Waals surface area contributed by atoms with Gasteiger partial charge in [0.1, 0.15) is 0 Å². The van der Waals surface area contributed by atoms with E-state index in [0.717, 1.165) is 27.8 Å². The summed E-state index contributed by atoms with van der Waals surface area (Å²) in [5.41, 5.74) is 3.68. The molecule has 0 aliphatic rings. The zero-order valence-electron chi connectivity index (χ0n) is 13.2. The number of aromatic amines is 1. The van der Waals surface area contributed by atoms with Crippen molar-refractivity contribution in [3.8, 4) is 11.3 Å². The second-order valence-electron chi connectivity index (χ2n) is 5.76. The van der Waals surface area contributed by atoms with E-state index < -0.39 is 5.97 Å². The quantitative estimate of drug-likeness (QED) is 0.773. The minimum absolute atomic E-state index is 0.258. The molecule has 0 radical (unpaired) electrons. The normalized spacial score (nSPS) is 11.1. The maximum absolute atomic E-state index is 11.2. The van der Waals surface area contributed by atoms with Crippen LogP contribution in [0.1, 0.15) is 24.2 Å². The molecule has 2 heterocycles. The summed E-state index contributed by atoms with van der Waals surface area (Å²) < 4.78 is 0. The van der Waals surface area contributed by atoms with E-state index in [-0.39, 0.29) is 11.6 Å². The van der Waals surface area contributed by atoms with Gasteiger partial charge in [0, 0.05) is 30.2 Å². The van der Waals surface area contributed by atoms with Gasteiger partial charge in [-0.2, -0.15) is 5.10 Å². The Morgan fingerprint density at radius 1 is 1.30 bits per heavy atom. The zero-order chi connectivity index (χ0) is 16.6. The van der Waals surface area contributed by atoms with E-state index in [1.165, 1.54) is 0 Å². The highest BCUT2D eigenvalue weighted by Gasteiger charge is 2.16. The van der Waals surface area contributed by atoms with E-state index >= 15 is 0 Å². The molecule has 3 rings (SSSR count). The van der Waals surface area contributed by atoms with Crippen LogP contribution < -0.4 is 4.90 Å². The number of hydrogen-bond acceptors (Lipinski definition) is 4. The third-order valence-electron chi connectivity index (χ3n) is 3.97. The van der Waals surface area contributed by atoms with E-state index in [4.69, 9.17) is 4.98 Å². The van der Waals surface area contributed by atoms with Gasteiger partial charge in [-0.25, -0.2) is 9.78 Å². The number of nitrogens with one attached hydrogen (secondary N) is 1. The number of nitrogens with zero attached hydrogens (tertiary/aromatic N) is 3. The van der Waals surface area contributed by atoms with Gasteiger partial charge >= 0.3 is 5.97 Å². The molecule has 2 aromatic heterocycles. The maximum Gasteiger partial charge on any atom is 0.335 e. The minimum Gasteiger partial charge on any atom is -0.478 e. The van der Waals surface area contributed by atoms with E-state index in [0.29, 0.717) is 0 Å². The highest BCUT2D eigenvalue weighted by molar-refractivity contribution is 5.96. The fourth-order valence-corrected chi connectivity index (χ4v) is 2.44. The molecule has 0 saturated carbocycles. The van der Waals surface area contributed by atoms with Crippen LogP contribution in [0, 0.1) is 0 Å². The molecule has 0 bridgehead atoms. The Balaban J connectivity index is 2.26. The Bertz CT molecular complexity index is 856. The Morgan fingerprint density at radius 2 is 2.09 bits per heavy atom. The number of hydrogen-bond donors (Lipinski definition) is 2. The lowest BCUT2D eigenvalue weighted by Crippen LogP contribution is -2.26. The van der Waals surface area contributed by atoms with E-state index in [2.05, 4.69) is 28.9 Å². The predicted octanol–water partition coefficient (Wildman–Crippen LogP) is 3.17. The second-order valence-corrected chi connectivity index (χ2v) is 5.76. The van der Waals surface area contributed by atoms with Gasteiger partial charge in [0.05, 0.1) is 28.7 Å². The lowest BCUT2D eigenvalue weighted by Gasteiger charge is -2.26. The van der Waals surface area contributed by atoms with Gasteiger partial charge in [0.15, 0.2) is 0 Å². The first-order valence-corrected chi connectivity index (χ1v) is 7.37. The van der Waals surface area contributed by atoms with Crippen molar-refractivity contribution in [2.45, 2.75) is 19.9 Å². The van der Waals surface area contributed by atoms with Gasteiger partial charge in [-0.3, -0.25) is 5.10 Å². The first-order valence-electron chi connectivity index (χ1n) is 7.37. The molecule has 23 heavy (non-hydrogen) atoms. The number of rotatable bonds is 4. The van der Waals surface area contributed by atoms with Crippen LogP contribution in [-0.4, -0.2) is 39.3 Å². The van der Waals surface area contributed by atoms with E-state index in [1.807, 2.05) is 13.1 Å². The first kappa shape index (κ1) is 15.0. The third-order valence-corrected chi connectivity index (χ3v) is 3.97. The summed E-state index contributed by atoms with van der Waals surface area (Å²) in [7, 11) is 2.00. The van der Waals surface area contributed by atoms with Crippen LogP contribution in [0.15, 0.2) is 36.7 Å². The largest absolute Gasteiger partial charge is 0.478 e. The number of carboxylic acids is 1. The van der Waals surface area contributed by atoms with Crippen molar-refractivity contribution in [2.24, 2.45) is 0 Å². The van der Waals surface area contributed by atoms with Gasteiger partial charge in [0.2, 0.25) is 0 Å². The van der Waals surface area contributed by atoms with Crippen molar-refractivity contribution < 1.29 is 9.90 Å². The van der Waals surface area contributed by atoms with Crippen molar-refractivity contribution in [3.63, 3.8) is 0 Å². The van der Waals surface area contributed by atoms with Crippen LogP contribution in [0.2, 0.25) is 0 Å². The highest BCUT2D eigenvalue weighted by atomic mass is 16.4. The zero-order valence-corrected chi connectivity index (χ0v) is 13.2. The smallest absolute Gasteiger partial charge is 0.335 e. The molecule has 6 nitrogen and oxygen atoms in total. The van der Waals surface area contributed by atoms with E-state index in [1.54, 1.807) is 30.6 Å². The number of H-pyrrole nitrogens is 1. The molecule has 2 N–H and O–H groups in total. The SMILES string of the molecule is CC(C)N(C)c1cc2cc(C(=O)O)ccc2nc1-c1cn[nH]c1. The monoisotopic (exact) mass is 310 g/mol. The average molecular weight is 310 g/mol. The summed E-state index contributed by atoms with van der Waals surface area (Å²) in [6, 6.07) is 7.23. The molecule has 0 amide bonds. The highest BCUT2D eigenvalue weighted by Crippen LogP contribution is 2.32. The van der Waals surface area contributed by atoms with Crippen molar-refractivity contribution in [3.05, 3.63) is 42.2 Å². The van der Waals surface area contributed by atoms with Crippen LogP contribution in [0.4, 0.5) is 5.69 Å². The first-order chi connectivity index (χ1) is 11.0. The predicted molar refractivity (Wildman–Crippen MR) is 89.8 cm³/mol. The third kappa shape index (κ3) is 2.75. The van der Waals surface area contributed by atoms with Crippen molar-refractivity contribution in [1.29, 1.82) is 0 Å². The van der Waals surface area contributed by atoms with Crippen LogP contribution >= 0.6 is 0 Å². The fraction of sp³-hybridized carbons (Fsp3) is 0.235. The second kappa shape index (κ2) is 5.72. The summed E-state index contributed by atoms with van der Waals surface area (Å²) in [6.45, 7) is 4.19. The number of aromatic carboxylic acids is 1. The van der Waals surface area contributed by atoms with Crippen molar-refractivity contribution in [2.75, 3.05) is 11.9 Å². The number of fused-ring (bicyclic) bond motifs is 1. The molecule has 0 aliphatic carbocycles. The fourth-order valence-electron chi connectivity index (χ4n) is 2.44. The minimum atomic E-state index is -0.940. The van der Waals surface area contributed by atoms with Gasteiger partial charge in [-0.15, -0.1) is 0 Å². The van der Waals surface area contributed by atoms with Gasteiger partial charge in [0.25, 0.3) is 0 Å². The number of benzene rings is 1. The lowest BCUT2D eigenvalue weighted by molar-refractivity contribution is 0.0697. The molecule has 118 valence electrons. The Kier molecular flexibility index (Phi) is 3.73. The molecule has 6 heteroatoms. The van der Waals surface area contributed by atoms with Crippen LogP contribution in [-0.2, 0) is 0 Å². The van der Waals surface area contributed by atoms with Gasteiger partial charge < -0.3 is 10.0 Å². The summed E-state index contributed by atoms with van der Waals surface area (Å²) >= 11 is 0. The molecule has 1 aromatic carbocycles. The van der Waals surface area contributed by atoms with Crippen molar-refractivity contribution >= 4 is 22.6 Å². The number of carbonyl (C=O) groups is 1. The summed E-state index contributed by atoms with van der Waals surface area (Å²) in [5, 5.41) is 16.8. The topological polar surface area (TPSA) is 82.1 Å². The summed E-state index contributed by atoms with van der Waals surface area (Å²) in [5.74, 6) is -0.940. The number of anilines is 1. The molecule has 0 atom stereocenters. The number of carboxylic acid groups (broad SMARTS) is 1. The molecule has 0 unspecified atom stereocenters. The van der Waals surface area contributed by atoms with Crippen LogP contribution in [0.5, 0.6) is 0 Å². The summed E-state index contributed by atoms with van der Waals surface area (Å²) in [6.07, 6.45) is 3.54. The van der Waals surface area contributed by atoms with Crippen molar-refractivity contribution in [1.82, 2.24) is 15.2 Å². The average Bonchev–Trinajstić information content (AvgIpc) is 3.06. The summed E-state index contributed by atoms with van der Waals surface area (Å²) in [4.78, 5) is 18.0. The lowest BCUT2D eigenvalue weighted by atomic mass is 10.1. The Hall–Kier alpha value is -2.89. The standard InChI is InChI=1S/C17H18N4O2/c1-10(2)21(3)15-7-12-6-11(17(22)23)4-5-14(12)20-16(15)13-8-18-19-9-13/h4-10H,1-3H3,(H,18,19)(H,22,23). The number of aromatic nitrogens is 3. The van der Waals surface area contributed by atoms with Crippen LogP contribution in [0.3, 0.4) is 0 Å². The molecule has 0 aliphatic heterocycles. The van der Waals surface area contributed by atoms with Crippen LogP contribution in [0.25, 0.3) is 22.2 Å². The maximum atomic E-state index is 11.2. The Labute approximate surface area is 133 Å². The van der Waals surface area contributed by atoms with Gasteiger partial charge in [-0.1, -0.05) is 0 Å². The van der Waals surface area contributed by atoms with E-state index in [9.17, 15) is 9.90 Å². The molecular formula is C17H18N4O2. The molecule has 0 saturated heterocycles. The number of pyridine rings is 1. The molecule has 3 aromatic rings. The molecule has 0 fully saturated rings. The Morgan fingerprint density at radius 3 is 2.70 bits per heavy atom. The molecular weight excluding hydrogens is 292 g/mol. The van der Waals surface area contributed by atoms with Gasteiger partial charge in [-0.05, 0) is 38.1 Å². The molecule has 0 spiro atoms.